The summed E-state index contributed by atoms with van der Waals surface area (Å²) in [4.78, 5) is 8.33. The molecular formula is CK2O3Zr. The van der Waals surface area contributed by atoms with Crippen LogP contribution in [-0.4, -0.2) is 6.16 Å². The second-order valence-electron chi connectivity index (χ2n) is 0.250. The summed E-state index contributed by atoms with van der Waals surface area (Å²) in [6, 6.07) is 0. The summed E-state index contributed by atoms with van der Waals surface area (Å²) in [5.74, 6) is 0. The molecule has 0 saturated carbocycles. The van der Waals surface area contributed by atoms with Gasteiger partial charge in [0.05, 0.1) is 0 Å². The van der Waals surface area contributed by atoms with Crippen LogP contribution < -0.4 is 113 Å². The zero-order valence-electron chi connectivity index (χ0n) is 4.22. The van der Waals surface area contributed by atoms with Crippen LogP contribution in [0.4, 0.5) is 4.79 Å². The molecule has 0 aliphatic carbocycles. The van der Waals surface area contributed by atoms with Crippen molar-refractivity contribution in [2.75, 3.05) is 0 Å². The van der Waals surface area contributed by atoms with Gasteiger partial charge in [-0.05, 0) is 6.16 Å². The Kier molecular flexibility index (Phi) is 51.9. The Labute approximate surface area is 146 Å². The van der Waals surface area contributed by atoms with Gasteiger partial charge in [0.1, 0.15) is 0 Å². The normalized spacial score (nSPS) is 3.43. The predicted molar refractivity (Wildman–Crippen MR) is 5.40 cm³/mol. The van der Waals surface area contributed by atoms with E-state index in [0.29, 0.717) is 0 Å². The molecule has 0 aromatic heterocycles. The summed E-state index contributed by atoms with van der Waals surface area (Å²) in [7, 11) is 0. The van der Waals surface area contributed by atoms with E-state index in [1.54, 1.807) is 0 Å². The Hall–Kier alpha value is 3.43. The summed E-state index contributed by atoms with van der Waals surface area (Å²) in [5, 5.41) is 16.7. The van der Waals surface area contributed by atoms with Crippen LogP contribution in [0.5, 0.6) is 0 Å². The molecule has 0 unspecified atom stereocenters. The molecule has 0 heterocycles. The second kappa shape index (κ2) is 16.2. The first-order valence-electron chi connectivity index (χ1n) is 0.612. The van der Waals surface area contributed by atoms with E-state index in [9.17, 15) is 0 Å². The van der Waals surface area contributed by atoms with Gasteiger partial charge in [0, 0.05) is 26.2 Å². The van der Waals surface area contributed by atoms with Gasteiger partial charge < -0.3 is 15.0 Å². The molecule has 0 rings (SSSR count). The zero-order valence-corrected chi connectivity index (χ0v) is 12.9. The van der Waals surface area contributed by atoms with Gasteiger partial charge in [-0.2, -0.15) is 0 Å². The molecule has 0 aliphatic heterocycles. The largest absolute Gasteiger partial charge is 1.00 e. The Morgan fingerprint density at radius 3 is 1.14 bits per heavy atom. The molecule has 7 heavy (non-hydrogen) atoms. The van der Waals surface area contributed by atoms with Crippen LogP contribution in [0.15, 0.2) is 0 Å². The Bertz CT molecular complexity index is 35.9. The number of hydrogen-bond acceptors (Lipinski definition) is 3. The molecule has 6 heteroatoms. The summed E-state index contributed by atoms with van der Waals surface area (Å²) in [5.41, 5.74) is 0. The number of hydrogen-bond donors (Lipinski definition) is 0. The van der Waals surface area contributed by atoms with Gasteiger partial charge in [-0.1, -0.05) is 0 Å². The van der Waals surface area contributed by atoms with Crippen LogP contribution in [-0.2, 0) is 26.2 Å². The van der Waals surface area contributed by atoms with Crippen molar-refractivity contribution in [1.82, 2.24) is 0 Å². The van der Waals surface area contributed by atoms with Gasteiger partial charge in [-0.15, -0.1) is 0 Å². The van der Waals surface area contributed by atoms with Crippen molar-refractivity contribution in [1.29, 1.82) is 0 Å². The van der Waals surface area contributed by atoms with E-state index in [1.807, 2.05) is 0 Å². The van der Waals surface area contributed by atoms with Gasteiger partial charge in [0.15, 0.2) is 0 Å². The van der Waals surface area contributed by atoms with Crippen LogP contribution in [0, 0.1) is 0 Å². The van der Waals surface area contributed by atoms with E-state index in [0.717, 1.165) is 0 Å². The van der Waals surface area contributed by atoms with Crippen molar-refractivity contribution in [3.63, 3.8) is 0 Å². The molecule has 0 saturated heterocycles. The van der Waals surface area contributed by atoms with Crippen molar-refractivity contribution < 1.29 is 144 Å². The van der Waals surface area contributed by atoms with E-state index >= 15 is 0 Å². The Morgan fingerprint density at radius 1 is 1.14 bits per heavy atom. The molecular weight excluding hydrogens is 229 g/mol. The van der Waals surface area contributed by atoms with Crippen LogP contribution in [0.1, 0.15) is 0 Å². The summed E-state index contributed by atoms with van der Waals surface area (Å²) in [6.07, 6.45) is -2.33. The maximum Gasteiger partial charge on any atom is 1.00 e. The molecule has 0 radical (unpaired) electrons. The Balaban J connectivity index is -0.0000000150. The smallest absolute Gasteiger partial charge is 0.652 e. The molecule has 0 N–H and O–H groups in total. The van der Waals surface area contributed by atoms with Gasteiger partial charge in [0.25, 0.3) is 0 Å². The van der Waals surface area contributed by atoms with Crippen LogP contribution >= 0.6 is 0 Å². The number of carboxylic acid groups (broad SMARTS) is 2. The molecule has 3 nitrogen and oxygen atoms in total. The van der Waals surface area contributed by atoms with E-state index in [1.165, 1.54) is 0 Å². The minimum absolute atomic E-state index is 0. The minimum atomic E-state index is -2.33. The van der Waals surface area contributed by atoms with Gasteiger partial charge in [-0.3, -0.25) is 0 Å². The minimum Gasteiger partial charge on any atom is -0.652 e. The topological polar surface area (TPSA) is 63.2 Å². The SMILES string of the molecule is O=C([O-])[O-].[K+].[K+].[Zr]. The van der Waals surface area contributed by atoms with Gasteiger partial charge in [-0.25, -0.2) is 0 Å². The molecule has 0 aliphatic rings. The zero-order chi connectivity index (χ0) is 3.58. The van der Waals surface area contributed by atoms with Crippen LogP contribution in [0.25, 0.3) is 0 Å². The van der Waals surface area contributed by atoms with E-state index < -0.39 is 6.16 Å². The van der Waals surface area contributed by atoms with E-state index in [-0.39, 0.29) is 129 Å². The first-order chi connectivity index (χ1) is 1.73. The fraction of sp³-hybridized carbons (Fsp3) is 0. The predicted octanol–water partition coefficient (Wildman–Crippen LogP) is -8.44. The van der Waals surface area contributed by atoms with Crippen molar-refractivity contribution >= 4 is 6.16 Å². The maximum atomic E-state index is 8.33. The van der Waals surface area contributed by atoms with Gasteiger partial charge in [0.2, 0.25) is 0 Å². The molecule has 0 bridgehead atoms. The molecule has 0 aromatic rings. The number of rotatable bonds is 0. The fourth-order valence-corrected chi connectivity index (χ4v) is 0. The molecule has 0 atom stereocenters. The quantitative estimate of drug-likeness (QED) is 0.388. The maximum absolute atomic E-state index is 8.33. The van der Waals surface area contributed by atoms with Gasteiger partial charge >= 0.3 is 103 Å². The first kappa shape index (κ1) is 22.4. The number of carbonyl (C=O) groups is 1. The molecule has 0 aromatic carbocycles. The standard InChI is InChI=1S/CH2O3.2K.Zr/c2-1(3)4;;;/h(H2,2,3,4);;;/q;2*+1;/p-2. The fourth-order valence-electron chi connectivity index (χ4n) is 0. The van der Waals surface area contributed by atoms with Crippen molar-refractivity contribution in [2.45, 2.75) is 0 Å². The molecule has 0 amide bonds. The van der Waals surface area contributed by atoms with E-state index in [4.69, 9.17) is 15.0 Å². The summed E-state index contributed by atoms with van der Waals surface area (Å²) >= 11 is 0. The van der Waals surface area contributed by atoms with Crippen molar-refractivity contribution in [3.8, 4) is 0 Å². The van der Waals surface area contributed by atoms with Crippen molar-refractivity contribution in [2.24, 2.45) is 0 Å². The number of carbonyl (C=O) groups excluding carboxylic acids is 1. The third-order valence-electron chi connectivity index (χ3n) is 0. The molecule has 28 valence electrons. The Morgan fingerprint density at radius 2 is 1.14 bits per heavy atom. The van der Waals surface area contributed by atoms with Crippen molar-refractivity contribution in [3.05, 3.63) is 0 Å². The molecule has 0 fully saturated rings. The second-order valence-corrected chi connectivity index (χ2v) is 0.250. The summed E-state index contributed by atoms with van der Waals surface area (Å²) in [6.45, 7) is 0. The van der Waals surface area contributed by atoms with E-state index in [2.05, 4.69) is 0 Å². The average molecular weight is 229 g/mol. The third kappa shape index (κ3) is 44.3. The third-order valence-corrected chi connectivity index (χ3v) is 0. The summed E-state index contributed by atoms with van der Waals surface area (Å²) < 4.78 is 0. The van der Waals surface area contributed by atoms with Crippen LogP contribution in [0.2, 0.25) is 0 Å². The van der Waals surface area contributed by atoms with Crippen LogP contribution in [0.3, 0.4) is 0 Å². The monoisotopic (exact) mass is 228 g/mol. The first-order valence-corrected chi connectivity index (χ1v) is 0.612. The molecule has 0 spiro atoms. The average Bonchev–Trinajstić information content (AvgIpc) is 0.811.